The normalized spacial score (nSPS) is 12.9. The van der Waals surface area contributed by atoms with Gasteiger partial charge in [-0.15, -0.1) is 5.14 Å². The number of hydrogen-bond acceptors (Lipinski definition) is 2. The van der Waals surface area contributed by atoms with Crippen molar-refractivity contribution in [1.29, 1.82) is 0 Å². The van der Waals surface area contributed by atoms with Crippen LogP contribution in [0.2, 0.25) is 0 Å². The zero-order valence-electron chi connectivity index (χ0n) is 7.12. The van der Waals surface area contributed by atoms with Gasteiger partial charge in [-0.05, 0) is 12.5 Å². The fourth-order valence-electron chi connectivity index (χ4n) is 1.18. The molecule has 0 aliphatic rings. The average Bonchev–Trinajstić information content (AvgIpc) is 2.05. The Labute approximate surface area is 76.1 Å². The van der Waals surface area contributed by atoms with Crippen LogP contribution in [0.1, 0.15) is 18.9 Å². The lowest BCUT2D eigenvalue weighted by atomic mass is 10.1. The molecule has 0 saturated heterocycles. The van der Waals surface area contributed by atoms with E-state index in [2.05, 4.69) is 6.92 Å². The number of rotatable bonds is 3. The highest BCUT2D eigenvalue weighted by Gasteiger charge is 2.10. The van der Waals surface area contributed by atoms with Crippen molar-refractivity contribution in [3.8, 4) is 0 Å². The first-order chi connectivity index (χ1) is 5.75. The summed E-state index contributed by atoms with van der Waals surface area (Å²) in [6.07, 6.45) is 1.99. The van der Waals surface area contributed by atoms with Gasteiger partial charge < -0.3 is 4.55 Å². The lowest BCUT2D eigenvalue weighted by Crippen LogP contribution is -2.14. The van der Waals surface area contributed by atoms with E-state index in [1.54, 1.807) is 0 Å². The highest BCUT2D eigenvalue weighted by atomic mass is 32.2. The monoisotopic (exact) mass is 183 g/mol. The molecule has 0 aliphatic carbocycles. The van der Waals surface area contributed by atoms with Gasteiger partial charge in [0.2, 0.25) is 0 Å². The lowest BCUT2D eigenvalue weighted by Gasteiger charge is -2.07. The quantitative estimate of drug-likeness (QED) is 0.724. The first-order valence-corrected chi connectivity index (χ1v) is 5.21. The Bertz CT molecular complexity index is 250. The van der Waals surface area contributed by atoms with E-state index in [1.807, 2.05) is 24.3 Å². The number of nitrogens with two attached hydrogens (primary N) is 1. The summed E-state index contributed by atoms with van der Waals surface area (Å²) >= 11 is -1.34. The summed E-state index contributed by atoms with van der Waals surface area (Å²) in [6.45, 7) is 2.09. The molecule has 0 aliphatic heterocycles. The minimum Gasteiger partial charge on any atom is -0.593 e. The highest BCUT2D eigenvalue weighted by Crippen LogP contribution is 2.14. The van der Waals surface area contributed by atoms with Crippen molar-refractivity contribution in [2.45, 2.75) is 24.7 Å². The second-order valence-electron chi connectivity index (χ2n) is 2.66. The van der Waals surface area contributed by atoms with Crippen LogP contribution in [0.25, 0.3) is 0 Å². The summed E-state index contributed by atoms with van der Waals surface area (Å²) in [5, 5.41) is 5.32. The molecular formula is C9H13NOS. The molecule has 0 fully saturated rings. The van der Waals surface area contributed by atoms with Gasteiger partial charge in [0.15, 0.2) is 4.90 Å². The SMILES string of the molecule is CCCc1ccccc1[S+](N)[O-]. The Morgan fingerprint density at radius 2 is 2.08 bits per heavy atom. The molecule has 0 radical (unpaired) electrons. The number of benzene rings is 1. The van der Waals surface area contributed by atoms with Crippen LogP contribution < -0.4 is 5.14 Å². The molecule has 0 heterocycles. The molecule has 66 valence electrons. The van der Waals surface area contributed by atoms with Gasteiger partial charge in [-0.25, -0.2) is 0 Å². The predicted octanol–water partition coefficient (Wildman–Crippen LogP) is 1.62. The Morgan fingerprint density at radius 3 is 2.67 bits per heavy atom. The molecule has 0 saturated carbocycles. The van der Waals surface area contributed by atoms with Gasteiger partial charge in [0.1, 0.15) is 0 Å². The molecule has 0 bridgehead atoms. The van der Waals surface area contributed by atoms with Gasteiger partial charge in [-0.3, -0.25) is 0 Å². The van der Waals surface area contributed by atoms with Crippen molar-refractivity contribution in [3.63, 3.8) is 0 Å². The van der Waals surface area contributed by atoms with Crippen molar-refractivity contribution in [2.24, 2.45) is 5.14 Å². The molecule has 1 atom stereocenters. The molecule has 1 unspecified atom stereocenters. The molecule has 0 spiro atoms. The van der Waals surface area contributed by atoms with Gasteiger partial charge in [0, 0.05) is 5.56 Å². The molecular weight excluding hydrogens is 170 g/mol. The van der Waals surface area contributed by atoms with Crippen molar-refractivity contribution >= 4 is 11.4 Å². The van der Waals surface area contributed by atoms with E-state index in [0.29, 0.717) is 0 Å². The molecule has 3 heteroatoms. The summed E-state index contributed by atoms with van der Waals surface area (Å²) in [5.74, 6) is 0. The smallest absolute Gasteiger partial charge is 0.176 e. The van der Waals surface area contributed by atoms with E-state index in [1.165, 1.54) is 0 Å². The van der Waals surface area contributed by atoms with Crippen LogP contribution in [0.3, 0.4) is 0 Å². The van der Waals surface area contributed by atoms with Crippen LogP contribution in [-0.2, 0) is 17.8 Å². The van der Waals surface area contributed by atoms with E-state index < -0.39 is 11.4 Å². The molecule has 2 N–H and O–H groups in total. The molecule has 2 nitrogen and oxygen atoms in total. The Hall–Kier alpha value is -0.510. The topological polar surface area (TPSA) is 49.1 Å². The van der Waals surface area contributed by atoms with E-state index in [9.17, 15) is 4.55 Å². The Morgan fingerprint density at radius 1 is 1.42 bits per heavy atom. The zero-order valence-corrected chi connectivity index (χ0v) is 7.93. The standard InChI is InChI=1S/C9H13NOS/c1-2-5-8-6-3-4-7-9(8)12(10)11/h3-4,6-7H,2,5,10H2,1H3. The Kier molecular flexibility index (Phi) is 3.59. The summed E-state index contributed by atoms with van der Waals surface area (Å²) in [4.78, 5) is 0.763. The highest BCUT2D eigenvalue weighted by molar-refractivity contribution is 7.89. The number of aryl methyl sites for hydroxylation is 1. The molecule has 1 aromatic rings. The fraction of sp³-hybridized carbons (Fsp3) is 0.333. The van der Waals surface area contributed by atoms with Crippen molar-refractivity contribution in [2.75, 3.05) is 0 Å². The summed E-state index contributed by atoms with van der Waals surface area (Å²) < 4.78 is 11.0. The van der Waals surface area contributed by atoms with Crippen LogP contribution in [0.15, 0.2) is 29.2 Å². The van der Waals surface area contributed by atoms with Crippen LogP contribution >= 0.6 is 0 Å². The van der Waals surface area contributed by atoms with E-state index in [0.717, 1.165) is 23.3 Å². The summed E-state index contributed by atoms with van der Waals surface area (Å²) in [5.41, 5.74) is 1.10. The number of hydrogen-bond donors (Lipinski definition) is 1. The maximum absolute atomic E-state index is 11.0. The van der Waals surface area contributed by atoms with Crippen LogP contribution in [0.5, 0.6) is 0 Å². The molecule has 12 heavy (non-hydrogen) atoms. The molecule has 0 amide bonds. The van der Waals surface area contributed by atoms with E-state index in [4.69, 9.17) is 5.14 Å². The minimum absolute atomic E-state index is 0.763. The van der Waals surface area contributed by atoms with Crippen molar-refractivity contribution in [3.05, 3.63) is 29.8 Å². The first-order valence-electron chi connectivity index (χ1n) is 3.99. The maximum atomic E-state index is 11.0. The minimum atomic E-state index is -1.34. The Balaban J connectivity index is 2.92. The van der Waals surface area contributed by atoms with Gasteiger partial charge in [-0.2, -0.15) is 0 Å². The van der Waals surface area contributed by atoms with Gasteiger partial charge >= 0.3 is 0 Å². The first kappa shape index (κ1) is 9.58. The molecule has 0 aromatic heterocycles. The molecule has 1 rings (SSSR count). The van der Waals surface area contributed by atoms with Crippen LogP contribution in [-0.4, -0.2) is 4.55 Å². The van der Waals surface area contributed by atoms with Gasteiger partial charge in [-0.1, -0.05) is 31.5 Å². The lowest BCUT2D eigenvalue weighted by molar-refractivity contribution is 0.595. The van der Waals surface area contributed by atoms with E-state index >= 15 is 0 Å². The predicted molar refractivity (Wildman–Crippen MR) is 51.0 cm³/mol. The maximum Gasteiger partial charge on any atom is 0.176 e. The fourth-order valence-corrected chi connectivity index (χ4v) is 1.82. The zero-order chi connectivity index (χ0) is 8.97. The van der Waals surface area contributed by atoms with E-state index in [-0.39, 0.29) is 0 Å². The second kappa shape index (κ2) is 4.50. The third-order valence-corrected chi connectivity index (χ3v) is 2.54. The third kappa shape index (κ3) is 2.24. The van der Waals surface area contributed by atoms with Gasteiger partial charge in [0.25, 0.3) is 0 Å². The second-order valence-corrected chi connectivity index (χ2v) is 3.69. The summed E-state index contributed by atoms with van der Waals surface area (Å²) in [6, 6.07) is 7.60. The molecule has 1 aromatic carbocycles. The largest absolute Gasteiger partial charge is 0.593 e. The average molecular weight is 183 g/mol. The van der Waals surface area contributed by atoms with Crippen molar-refractivity contribution < 1.29 is 4.55 Å². The van der Waals surface area contributed by atoms with Crippen LogP contribution in [0, 0.1) is 0 Å². The van der Waals surface area contributed by atoms with Crippen LogP contribution in [0.4, 0.5) is 0 Å². The van der Waals surface area contributed by atoms with Crippen molar-refractivity contribution in [1.82, 2.24) is 0 Å². The third-order valence-electron chi connectivity index (χ3n) is 1.71. The summed E-state index contributed by atoms with van der Waals surface area (Å²) in [7, 11) is 0. The van der Waals surface area contributed by atoms with Gasteiger partial charge in [0.05, 0.1) is 11.4 Å².